The second-order valence-electron chi connectivity index (χ2n) is 5.66. The van der Waals surface area contributed by atoms with Gasteiger partial charge in [0.2, 0.25) is 0 Å². The summed E-state index contributed by atoms with van der Waals surface area (Å²) in [5, 5.41) is 0. The molecule has 2 aromatic carbocycles. The lowest BCUT2D eigenvalue weighted by Gasteiger charge is -2.13. The standard InChI is InChI=1S/C18H22N2O4S/c1-4-14-7-5-6-8-17(14)19-25(22,23)16-11-9-15(10-12-16)24-13-18(21)20(2)3/h5-12,19H,4,13H2,1-3H3. The average Bonchev–Trinajstić information content (AvgIpc) is 2.60. The highest BCUT2D eigenvalue weighted by atomic mass is 32.2. The largest absolute Gasteiger partial charge is 0.484 e. The Balaban J connectivity index is 2.11. The number of hydrogen-bond acceptors (Lipinski definition) is 4. The second-order valence-corrected chi connectivity index (χ2v) is 7.35. The third-order valence-corrected chi connectivity index (χ3v) is 5.02. The van der Waals surface area contributed by atoms with Crippen LogP contribution < -0.4 is 9.46 Å². The molecule has 0 bridgehead atoms. The molecule has 0 saturated heterocycles. The number of amides is 1. The number of benzene rings is 2. The van der Waals surface area contributed by atoms with Gasteiger partial charge in [-0.25, -0.2) is 8.42 Å². The Kier molecular flexibility index (Phi) is 6.03. The number of nitrogens with one attached hydrogen (secondary N) is 1. The van der Waals surface area contributed by atoms with Crippen LogP contribution in [0.3, 0.4) is 0 Å². The van der Waals surface area contributed by atoms with Crippen LogP contribution in [0.2, 0.25) is 0 Å². The molecule has 7 heteroatoms. The normalized spacial score (nSPS) is 11.0. The van der Waals surface area contributed by atoms with E-state index in [1.165, 1.54) is 29.2 Å². The van der Waals surface area contributed by atoms with E-state index in [9.17, 15) is 13.2 Å². The number of carbonyl (C=O) groups excluding carboxylic acids is 1. The van der Waals surface area contributed by atoms with Crippen molar-refractivity contribution in [1.82, 2.24) is 4.90 Å². The van der Waals surface area contributed by atoms with Gasteiger partial charge in [0.1, 0.15) is 5.75 Å². The summed E-state index contributed by atoms with van der Waals surface area (Å²) in [6.45, 7) is 1.87. The lowest BCUT2D eigenvalue weighted by atomic mass is 10.1. The number of likely N-dealkylation sites (N-methyl/N-ethyl adjacent to an activating group) is 1. The first kappa shape index (κ1) is 18.8. The molecular formula is C18H22N2O4S. The number of nitrogens with zero attached hydrogens (tertiary/aromatic N) is 1. The summed E-state index contributed by atoms with van der Waals surface area (Å²) >= 11 is 0. The number of rotatable bonds is 7. The fraction of sp³-hybridized carbons (Fsp3) is 0.278. The molecular weight excluding hydrogens is 340 g/mol. The molecule has 0 aliphatic carbocycles. The smallest absolute Gasteiger partial charge is 0.261 e. The van der Waals surface area contributed by atoms with Gasteiger partial charge in [-0.05, 0) is 42.3 Å². The van der Waals surface area contributed by atoms with E-state index in [4.69, 9.17) is 4.74 Å². The van der Waals surface area contributed by atoms with E-state index in [0.29, 0.717) is 11.4 Å². The number of hydrogen-bond donors (Lipinski definition) is 1. The highest BCUT2D eigenvalue weighted by Crippen LogP contribution is 2.22. The molecule has 0 fully saturated rings. The molecule has 0 atom stereocenters. The Morgan fingerprint density at radius 3 is 2.32 bits per heavy atom. The molecule has 0 spiro atoms. The maximum atomic E-state index is 12.5. The van der Waals surface area contributed by atoms with Crippen LogP contribution in [0.4, 0.5) is 5.69 Å². The Hall–Kier alpha value is -2.54. The zero-order valence-electron chi connectivity index (χ0n) is 14.5. The van der Waals surface area contributed by atoms with Crippen molar-refractivity contribution in [3.63, 3.8) is 0 Å². The van der Waals surface area contributed by atoms with E-state index in [2.05, 4.69) is 4.72 Å². The summed E-state index contributed by atoms with van der Waals surface area (Å²) in [5.41, 5.74) is 1.50. The predicted octanol–water partition coefficient (Wildman–Crippen LogP) is 2.52. The van der Waals surface area contributed by atoms with Crippen LogP contribution in [0.1, 0.15) is 12.5 Å². The number of para-hydroxylation sites is 1. The van der Waals surface area contributed by atoms with Gasteiger partial charge in [-0.2, -0.15) is 0 Å². The molecule has 2 aromatic rings. The van der Waals surface area contributed by atoms with Gasteiger partial charge in [-0.3, -0.25) is 9.52 Å². The van der Waals surface area contributed by atoms with E-state index >= 15 is 0 Å². The van der Waals surface area contributed by atoms with Crippen LogP contribution in [-0.4, -0.2) is 39.9 Å². The van der Waals surface area contributed by atoms with Gasteiger partial charge in [0, 0.05) is 14.1 Å². The van der Waals surface area contributed by atoms with Crippen molar-refractivity contribution in [1.29, 1.82) is 0 Å². The molecule has 0 heterocycles. The Bertz CT molecular complexity index is 830. The van der Waals surface area contributed by atoms with E-state index in [1.54, 1.807) is 26.2 Å². The first-order chi connectivity index (χ1) is 11.8. The molecule has 0 aliphatic rings. The van der Waals surface area contributed by atoms with Gasteiger partial charge in [-0.1, -0.05) is 25.1 Å². The summed E-state index contributed by atoms with van der Waals surface area (Å²) in [5.74, 6) is 0.262. The molecule has 25 heavy (non-hydrogen) atoms. The predicted molar refractivity (Wildman–Crippen MR) is 97.3 cm³/mol. The van der Waals surface area contributed by atoms with Crippen molar-refractivity contribution < 1.29 is 17.9 Å². The van der Waals surface area contributed by atoms with Crippen LogP contribution in [0.25, 0.3) is 0 Å². The van der Waals surface area contributed by atoms with Crippen molar-refractivity contribution in [2.75, 3.05) is 25.4 Å². The topological polar surface area (TPSA) is 75.7 Å². The lowest BCUT2D eigenvalue weighted by Crippen LogP contribution is -2.27. The van der Waals surface area contributed by atoms with E-state index < -0.39 is 10.0 Å². The first-order valence-electron chi connectivity index (χ1n) is 7.87. The Morgan fingerprint density at radius 2 is 1.72 bits per heavy atom. The molecule has 1 N–H and O–H groups in total. The van der Waals surface area contributed by atoms with Gasteiger partial charge in [-0.15, -0.1) is 0 Å². The summed E-state index contributed by atoms with van der Waals surface area (Å²) in [6, 6.07) is 13.2. The van der Waals surface area contributed by atoms with Crippen molar-refractivity contribution >= 4 is 21.6 Å². The molecule has 6 nitrogen and oxygen atoms in total. The molecule has 0 aromatic heterocycles. The fourth-order valence-corrected chi connectivity index (χ4v) is 3.22. The number of carbonyl (C=O) groups is 1. The number of ether oxygens (including phenoxy) is 1. The van der Waals surface area contributed by atoms with Gasteiger partial charge in [0.15, 0.2) is 6.61 Å². The second kappa shape index (κ2) is 8.02. The monoisotopic (exact) mass is 362 g/mol. The molecule has 0 aliphatic heterocycles. The minimum atomic E-state index is -3.69. The zero-order chi connectivity index (χ0) is 18.4. The van der Waals surface area contributed by atoms with Gasteiger partial charge in [0.05, 0.1) is 10.6 Å². The Morgan fingerprint density at radius 1 is 1.08 bits per heavy atom. The van der Waals surface area contributed by atoms with E-state index in [-0.39, 0.29) is 17.4 Å². The van der Waals surface area contributed by atoms with E-state index in [1.807, 2.05) is 19.1 Å². The van der Waals surface area contributed by atoms with Crippen LogP contribution in [0.5, 0.6) is 5.75 Å². The molecule has 0 saturated carbocycles. The minimum absolute atomic E-state index is 0.0960. The summed E-state index contributed by atoms with van der Waals surface area (Å²) in [7, 11) is -0.408. The van der Waals surface area contributed by atoms with Crippen LogP contribution in [0.15, 0.2) is 53.4 Å². The number of anilines is 1. The minimum Gasteiger partial charge on any atom is -0.484 e. The van der Waals surface area contributed by atoms with Crippen molar-refractivity contribution in [2.24, 2.45) is 0 Å². The first-order valence-corrected chi connectivity index (χ1v) is 9.35. The van der Waals surface area contributed by atoms with Crippen LogP contribution in [0, 0.1) is 0 Å². The maximum absolute atomic E-state index is 12.5. The third kappa shape index (κ3) is 4.96. The van der Waals surface area contributed by atoms with Crippen LogP contribution >= 0.6 is 0 Å². The van der Waals surface area contributed by atoms with Crippen LogP contribution in [-0.2, 0) is 21.2 Å². The molecule has 134 valence electrons. The van der Waals surface area contributed by atoms with E-state index in [0.717, 1.165) is 12.0 Å². The average molecular weight is 362 g/mol. The third-order valence-electron chi connectivity index (χ3n) is 3.64. The summed E-state index contributed by atoms with van der Waals surface area (Å²) in [4.78, 5) is 13.1. The highest BCUT2D eigenvalue weighted by Gasteiger charge is 2.16. The molecule has 1 amide bonds. The fourth-order valence-electron chi connectivity index (χ4n) is 2.12. The molecule has 0 unspecified atom stereocenters. The Labute approximate surface area is 148 Å². The SMILES string of the molecule is CCc1ccccc1NS(=O)(=O)c1ccc(OCC(=O)N(C)C)cc1. The lowest BCUT2D eigenvalue weighted by molar-refractivity contribution is -0.130. The van der Waals surface area contributed by atoms with Crippen molar-refractivity contribution in [3.05, 3.63) is 54.1 Å². The molecule has 2 rings (SSSR count). The summed E-state index contributed by atoms with van der Waals surface area (Å²) < 4.78 is 33.0. The van der Waals surface area contributed by atoms with Gasteiger partial charge >= 0.3 is 0 Å². The zero-order valence-corrected chi connectivity index (χ0v) is 15.3. The quantitative estimate of drug-likeness (QED) is 0.821. The highest BCUT2D eigenvalue weighted by molar-refractivity contribution is 7.92. The maximum Gasteiger partial charge on any atom is 0.261 e. The van der Waals surface area contributed by atoms with Gasteiger partial charge < -0.3 is 9.64 Å². The molecule has 0 radical (unpaired) electrons. The summed E-state index contributed by atoms with van der Waals surface area (Å²) in [6.07, 6.45) is 0.728. The number of sulfonamides is 1. The van der Waals surface area contributed by atoms with Crippen molar-refractivity contribution in [2.45, 2.75) is 18.2 Å². The van der Waals surface area contributed by atoms with Gasteiger partial charge in [0.25, 0.3) is 15.9 Å². The number of aryl methyl sites for hydroxylation is 1. The van der Waals surface area contributed by atoms with Crippen molar-refractivity contribution in [3.8, 4) is 5.75 Å².